The van der Waals surface area contributed by atoms with Gasteiger partial charge in [0.1, 0.15) is 0 Å². The van der Waals surface area contributed by atoms with Crippen molar-refractivity contribution in [1.29, 1.82) is 0 Å². The Balaban J connectivity index is 1.99. The van der Waals surface area contributed by atoms with E-state index < -0.39 is 6.10 Å². The first kappa shape index (κ1) is 13.9. The summed E-state index contributed by atoms with van der Waals surface area (Å²) < 4.78 is 5.58. The van der Waals surface area contributed by atoms with Gasteiger partial charge in [-0.15, -0.1) is 0 Å². The van der Waals surface area contributed by atoms with Crippen molar-refractivity contribution < 1.29 is 9.84 Å². The van der Waals surface area contributed by atoms with Crippen LogP contribution in [0.15, 0.2) is 12.1 Å². The number of benzene rings is 1. The van der Waals surface area contributed by atoms with Gasteiger partial charge in [0.15, 0.2) is 0 Å². The minimum absolute atomic E-state index is 0.341. The quantitative estimate of drug-likeness (QED) is 0.896. The minimum Gasteiger partial charge on any atom is -0.388 e. The van der Waals surface area contributed by atoms with Crippen molar-refractivity contribution in [3.8, 4) is 0 Å². The Morgan fingerprint density at radius 1 is 1.39 bits per heavy atom. The van der Waals surface area contributed by atoms with E-state index in [4.69, 9.17) is 16.3 Å². The van der Waals surface area contributed by atoms with Gasteiger partial charge in [-0.05, 0) is 62.3 Å². The number of aliphatic hydroxyl groups is 1. The van der Waals surface area contributed by atoms with Crippen molar-refractivity contribution in [1.82, 2.24) is 0 Å². The molecule has 2 unspecified atom stereocenters. The van der Waals surface area contributed by atoms with Crippen LogP contribution < -0.4 is 0 Å². The first-order chi connectivity index (χ1) is 8.58. The Labute approximate surface area is 114 Å². The van der Waals surface area contributed by atoms with Crippen LogP contribution in [0.2, 0.25) is 5.02 Å². The normalized spacial score (nSPS) is 21.2. The summed E-state index contributed by atoms with van der Waals surface area (Å²) in [4.78, 5) is 0. The third-order valence-corrected chi connectivity index (χ3v) is 4.10. The van der Waals surface area contributed by atoms with Crippen molar-refractivity contribution in [3.63, 3.8) is 0 Å². The zero-order valence-corrected chi connectivity index (χ0v) is 11.8. The Morgan fingerprint density at radius 3 is 2.83 bits per heavy atom. The number of rotatable bonds is 4. The summed E-state index contributed by atoms with van der Waals surface area (Å²) in [6.45, 7) is 4.84. The molecule has 0 radical (unpaired) electrons. The fourth-order valence-corrected chi connectivity index (χ4v) is 2.75. The van der Waals surface area contributed by atoms with Crippen LogP contribution in [0.25, 0.3) is 0 Å². The number of ether oxygens (including phenoxy) is 1. The number of aryl methyl sites for hydroxylation is 2. The number of hydrogen-bond acceptors (Lipinski definition) is 2. The molecule has 0 spiro atoms. The molecule has 1 saturated heterocycles. The van der Waals surface area contributed by atoms with Gasteiger partial charge in [-0.25, -0.2) is 0 Å². The molecule has 18 heavy (non-hydrogen) atoms. The molecule has 0 bridgehead atoms. The lowest BCUT2D eigenvalue weighted by Gasteiger charge is -2.17. The number of halogens is 1. The van der Waals surface area contributed by atoms with Crippen LogP contribution in [0, 0.1) is 13.8 Å². The first-order valence-electron chi connectivity index (χ1n) is 6.64. The largest absolute Gasteiger partial charge is 0.388 e. The van der Waals surface area contributed by atoms with Gasteiger partial charge >= 0.3 is 0 Å². The van der Waals surface area contributed by atoms with Crippen molar-refractivity contribution in [2.45, 2.75) is 51.7 Å². The summed E-state index contributed by atoms with van der Waals surface area (Å²) in [6, 6.07) is 3.93. The van der Waals surface area contributed by atoms with Gasteiger partial charge in [0.05, 0.1) is 12.2 Å². The second kappa shape index (κ2) is 6.05. The number of aliphatic hydroxyl groups excluding tert-OH is 1. The molecule has 0 aromatic heterocycles. The van der Waals surface area contributed by atoms with E-state index in [0.717, 1.165) is 54.0 Å². The topological polar surface area (TPSA) is 29.5 Å². The average Bonchev–Trinajstić information content (AvgIpc) is 2.84. The Kier molecular flexibility index (Phi) is 4.66. The predicted molar refractivity (Wildman–Crippen MR) is 74.1 cm³/mol. The lowest BCUT2D eigenvalue weighted by molar-refractivity contribution is 0.0811. The van der Waals surface area contributed by atoms with E-state index in [9.17, 15) is 5.11 Å². The van der Waals surface area contributed by atoms with Gasteiger partial charge in [0.2, 0.25) is 0 Å². The van der Waals surface area contributed by atoms with Gasteiger partial charge in [-0.1, -0.05) is 17.7 Å². The highest BCUT2D eigenvalue weighted by Gasteiger charge is 2.18. The van der Waals surface area contributed by atoms with Crippen LogP contribution >= 0.6 is 11.6 Å². The molecule has 2 nitrogen and oxygen atoms in total. The van der Waals surface area contributed by atoms with E-state index in [1.165, 1.54) is 0 Å². The third kappa shape index (κ3) is 3.25. The van der Waals surface area contributed by atoms with E-state index >= 15 is 0 Å². The Hall–Kier alpha value is -0.570. The molecule has 3 heteroatoms. The maximum atomic E-state index is 10.3. The molecule has 1 heterocycles. The highest BCUT2D eigenvalue weighted by atomic mass is 35.5. The zero-order chi connectivity index (χ0) is 13.1. The minimum atomic E-state index is -0.412. The van der Waals surface area contributed by atoms with E-state index in [0.29, 0.717) is 6.10 Å². The summed E-state index contributed by atoms with van der Waals surface area (Å²) in [5.74, 6) is 0. The standard InChI is InChI=1S/C15H21ClO2/c1-10-9-14(16)11(2)8-13(10)15(17)6-5-12-4-3-7-18-12/h8-9,12,15,17H,3-7H2,1-2H3. The molecule has 100 valence electrons. The van der Waals surface area contributed by atoms with Gasteiger partial charge in [0, 0.05) is 11.6 Å². The van der Waals surface area contributed by atoms with Crippen LogP contribution in [-0.4, -0.2) is 17.8 Å². The van der Waals surface area contributed by atoms with Crippen molar-refractivity contribution in [2.24, 2.45) is 0 Å². The summed E-state index contributed by atoms with van der Waals surface area (Å²) in [7, 11) is 0. The van der Waals surface area contributed by atoms with Gasteiger partial charge < -0.3 is 9.84 Å². The summed E-state index contributed by atoms with van der Waals surface area (Å²) in [5.41, 5.74) is 3.08. The summed E-state index contributed by atoms with van der Waals surface area (Å²) >= 11 is 6.07. The van der Waals surface area contributed by atoms with Crippen LogP contribution in [0.4, 0.5) is 0 Å². The summed E-state index contributed by atoms with van der Waals surface area (Å²) in [6.07, 6.45) is 3.90. The summed E-state index contributed by atoms with van der Waals surface area (Å²) in [5, 5.41) is 11.0. The van der Waals surface area contributed by atoms with Gasteiger partial charge in [-0.3, -0.25) is 0 Å². The van der Waals surface area contributed by atoms with Crippen molar-refractivity contribution in [3.05, 3.63) is 33.8 Å². The SMILES string of the molecule is Cc1cc(C(O)CCC2CCCO2)c(C)cc1Cl. The maximum absolute atomic E-state index is 10.3. The van der Waals surface area contributed by atoms with Crippen molar-refractivity contribution >= 4 is 11.6 Å². The van der Waals surface area contributed by atoms with E-state index in [1.807, 2.05) is 26.0 Å². The molecule has 1 aromatic carbocycles. The van der Waals surface area contributed by atoms with Crippen molar-refractivity contribution in [2.75, 3.05) is 6.61 Å². The molecule has 1 aliphatic heterocycles. The van der Waals surface area contributed by atoms with Crippen LogP contribution in [0.1, 0.15) is 48.5 Å². The van der Waals surface area contributed by atoms with Crippen LogP contribution in [0.5, 0.6) is 0 Å². The zero-order valence-electron chi connectivity index (χ0n) is 11.1. The van der Waals surface area contributed by atoms with Crippen LogP contribution in [0.3, 0.4) is 0 Å². The van der Waals surface area contributed by atoms with Crippen LogP contribution in [-0.2, 0) is 4.74 Å². The fraction of sp³-hybridized carbons (Fsp3) is 0.600. The highest BCUT2D eigenvalue weighted by Crippen LogP contribution is 2.29. The average molecular weight is 269 g/mol. The van der Waals surface area contributed by atoms with Gasteiger partial charge in [0.25, 0.3) is 0 Å². The van der Waals surface area contributed by atoms with E-state index in [2.05, 4.69) is 0 Å². The molecular formula is C15H21ClO2. The van der Waals surface area contributed by atoms with E-state index in [1.54, 1.807) is 0 Å². The molecule has 0 saturated carbocycles. The molecule has 1 aromatic rings. The highest BCUT2D eigenvalue weighted by molar-refractivity contribution is 6.31. The Bertz CT molecular complexity index is 411. The smallest absolute Gasteiger partial charge is 0.0793 e. The monoisotopic (exact) mass is 268 g/mol. The van der Waals surface area contributed by atoms with Gasteiger partial charge in [-0.2, -0.15) is 0 Å². The second-order valence-corrected chi connectivity index (χ2v) is 5.59. The molecule has 0 amide bonds. The molecular weight excluding hydrogens is 248 g/mol. The lowest BCUT2D eigenvalue weighted by Crippen LogP contribution is -2.09. The predicted octanol–water partition coefficient (Wildman–Crippen LogP) is 3.95. The second-order valence-electron chi connectivity index (χ2n) is 5.19. The molecule has 0 aliphatic carbocycles. The maximum Gasteiger partial charge on any atom is 0.0793 e. The van der Waals surface area contributed by atoms with E-state index in [-0.39, 0.29) is 0 Å². The molecule has 2 rings (SSSR count). The molecule has 1 N–H and O–H groups in total. The molecule has 1 aliphatic rings. The third-order valence-electron chi connectivity index (χ3n) is 3.69. The Morgan fingerprint density at radius 2 is 2.17 bits per heavy atom. The fourth-order valence-electron chi connectivity index (χ4n) is 2.53. The molecule has 2 atom stereocenters. The lowest BCUT2D eigenvalue weighted by atomic mass is 9.96. The first-order valence-corrected chi connectivity index (χ1v) is 7.02. The number of hydrogen-bond donors (Lipinski definition) is 1. The molecule has 1 fully saturated rings.